The van der Waals surface area contributed by atoms with Gasteiger partial charge >= 0.3 is 5.97 Å². The monoisotopic (exact) mass is 286 g/mol. The molecule has 0 aliphatic heterocycles. The number of nitrogens with zero attached hydrogens (tertiary/aromatic N) is 1. The average molecular weight is 287 g/mol. The second-order valence-corrected chi connectivity index (χ2v) is 4.73. The van der Waals surface area contributed by atoms with Gasteiger partial charge in [-0.2, -0.15) is 0 Å². The first-order chi connectivity index (χ1) is 7.48. The van der Waals surface area contributed by atoms with E-state index in [1.165, 1.54) is 0 Å². The minimum absolute atomic E-state index is 0.448. The summed E-state index contributed by atoms with van der Waals surface area (Å²) >= 11 is 3.30. The fourth-order valence-corrected chi connectivity index (χ4v) is 1.38. The number of hydrogen-bond acceptors (Lipinski definition) is 3. The van der Waals surface area contributed by atoms with Crippen molar-refractivity contribution >= 4 is 21.9 Å². The topological polar surface area (TPSA) is 62.2 Å². The van der Waals surface area contributed by atoms with E-state index in [2.05, 4.69) is 26.2 Å². The van der Waals surface area contributed by atoms with Gasteiger partial charge in [-0.1, -0.05) is 6.92 Å². The van der Waals surface area contributed by atoms with E-state index < -0.39 is 11.5 Å². The largest absolute Gasteiger partial charge is 0.480 e. The van der Waals surface area contributed by atoms with Crippen LogP contribution >= 0.6 is 15.9 Å². The molecule has 0 saturated heterocycles. The van der Waals surface area contributed by atoms with Crippen LogP contribution in [-0.4, -0.2) is 21.6 Å². The number of nitrogens with one attached hydrogen (secondary N) is 1. The van der Waals surface area contributed by atoms with E-state index in [1.807, 2.05) is 19.1 Å². The fraction of sp³-hybridized carbons (Fsp3) is 0.455. The molecule has 0 spiro atoms. The second kappa shape index (κ2) is 5.41. The van der Waals surface area contributed by atoms with Gasteiger partial charge in [-0.3, -0.25) is 15.1 Å². The molecule has 0 aliphatic rings. The third-order valence-electron chi connectivity index (χ3n) is 2.63. The highest BCUT2D eigenvalue weighted by molar-refractivity contribution is 9.10. The van der Waals surface area contributed by atoms with Gasteiger partial charge in [-0.05, 0) is 41.4 Å². The van der Waals surface area contributed by atoms with Gasteiger partial charge in [0.2, 0.25) is 0 Å². The quantitative estimate of drug-likeness (QED) is 0.871. The van der Waals surface area contributed by atoms with Crippen LogP contribution in [-0.2, 0) is 11.3 Å². The molecule has 0 fully saturated rings. The maximum atomic E-state index is 11.0. The first-order valence-electron chi connectivity index (χ1n) is 5.07. The number of carboxylic acids is 1. The van der Waals surface area contributed by atoms with Crippen LogP contribution < -0.4 is 5.32 Å². The summed E-state index contributed by atoms with van der Waals surface area (Å²) in [5, 5.41) is 12.1. The van der Waals surface area contributed by atoms with Gasteiger partial charge in [0.1, 0.15) is 5.54 Å². The van der Waals surface area contributed by atoms with Gasteiger partial charge in [0.25, 0.3) is 0 Å². The predicted octanol–water partition coefficient (Wildman–Crippen LogP) is 2.19. The lowest BCUT2D eigenvalue weighted by atomic mass is 9.99. The molecule has 1 unspecified atom stereocenters. The molecule has 1 atom stereocenters. The highest BCUT2D eigenvalue weighted by atomic mass is 79.9. The Labute approximate surface area is 103 Å². The van der Waals surface area contributed by atoms with E-state index in [0.29, 0.717) is 13.0 Å². The molecule has 1 aromatic rings. The van der Waals surface area contributed by atoms with Crippen molar-refractivity contribution in [3.05, 3.63) is 28.5 Å². The summed E-state index contributed by atoms with van der Waals surface area (Å²) in [4.78, 5) is 15.2. The molecule has 1 aromatic heterocycles. The van der Waals surface area contributed by atoms with Gasteiger partial charge in [0.15, 0.2) is 0 Å². The summed E-state index contributed by atoms with van der Waals surface area (Å²) in [6.07, 6.45) is 2.22. The molecule has 4 nitrogen and oxygen atoms in total. The Hall–Kier alpha value is -0.940. The number of halogens is 1. The highest BCUT2D eigenvalue weighted by Crippen LogP contribution is 2.11. The molecule has 2 N–H and O–H groups in total. The Morgan fingerprint density at radius 2 is 2.31 bits per heavy atom. The molecule has 1 heterocycles. The van der Waals surface area contributed by atoms with Crippen molar-refractivity contribution in [3.8, 4) is 0 Å². The van der Waals surface area contributed by atoms with Crippen LogP contribution in [0.25, 0.3) is 0 Å². The predicted molar refractivity (Wildman–Crippen MR) is 65.1 cm³/mol. The Morgan fingerprint density at radius 1 is 1.62 bits per heavy atom. The summed E-state index contributed by atoms with van der Waals surface area (Å²) < 4.78 is 0.910. The summed E-state index contributed by atoms with van der Waals surface area (Å²) in [6, 6.07) is 3.74. The standard InChI is InChI=1S/C11H15BrN2O2/c1-3-11(2,10(15)16)14-7-9-5-4-8(12)6-13-9/h4-6,14H,3,7H2,1-2H3,(H,15,16). The average Bonchev–Trinajstić information content (AvgIpc) is 2.27. The summed E-state index contributed by atoms with van der Waals surface area (Å²) in [5.41, 5.74) is -0.0708. The minimum atomic E-state index is -0.894. The van der Waals surface area contributed by atoms with Crippen molar-refractivity contribution in [1.29, 1.82) is 0 Å². The lowest BCUT2D eigenvalue weighted by Crippen LogP contribution is -2.48. The molecule has 1 rings (SSSR count). The van der Waals surface area contributed by atoms with E-state index in [4.69, 9.17) is 5.11 Å². The van der Waals surface area contributed by atoms with Crippen molar-refractivity contribution in [2.45, 2.75) is 32.4 Å². The van der Waals surface area contributed by atoms with Crippen molar-refractivity contribution < 1.29 is 9.90 Å². The number of hydrogen-bond donors (Lipinski definition) is 2. The number of aliphatic carboxylic acids is 1. The van der Waals surface area contributed by atoms with E-state index in [-0.39, 0.29) is 0 Å². The molecule has 16 heavy (non-hydrogen) atoms. The van der Waals surface area contributed by atoms with Gasteiger partial charge in [-0.15, -0.1) is 0 Å². The van der Waals surface area contributed by atoms with Gasteiger partial charge in [-0.25, -0.2) is 0 Å². The Morgan fingerprint density at radius 3 is 2.75 bits per heavy atom. The number of rotatable bonds is 5. The molecule has 0 radical (unpaired) electrons. The van der Waals surface area contributed by atoms with Crippen LogP contribution in [0.2, 0.25) is 0 Å². The molecular weight excluding hydrogens is 272 g/mol. The number of carbonyl (C=O) groups is 1. The Kier molecular flexibility index (Phi) is 4.44. The smallest absolute Gasteiger partial charge is 0.323 e. The van der Waals surface area contributed by atoms with Gasteiger partial charge < -0.3 is 5.11 Å². The molecule has 0 bridgehead atoms. The maximum absolute atomic E-state index is 11.0. The zero-order valence-corrected chi connectivity index (χ0v) is 10.9. The summed E-state index contributed by atoms with van der Waals surface area (Å²) in [7, 11) is 0. The van der Waals surface area contributed by atoms with Crippen molar-refractivity contribution in [3.63, 3.8) is 0 Å². The minimum Gasteiger partial charge on any atom is -0.480 e. The van der Waals surface area contributed by atoms with Crippen LogP contribution in [0.4, 0.5) is 0 Å². The summed E-state index contributed by atoms with van der Waals surface area (Å²) in [6.45, 7) is 3.97. The van der Waals surface area contributed by atoms with Crippen molar-refractivity contribution in [2.75, 3.05) is 0 Å². The van der Waals surface area contributed by atoms with Gasteiger partial charge in [0, 0.05) is 17.2 Å². The summed E-state index contributed by atoms with van der Waals surface area (Å²) in [5.74, 6) is -0.841. The first kappa shape index (κ1) is 13.1. The molecule has 5 heteroatoms. The third kappa shape index (κ3) is 3.28. The van der Waals surface area contributed by atoms with Gasteiger partial charge in [0.05, 0.1) is 5.69 Å². The Bertz CT molecular complexity index is 367. The Balaban J connectivity index is 2.63. The van der Waals surface area contributed by atoms with E-state index >= 15 is 0 Å². The van der Waals surface area contributed by atoms with Crippen LogP contribution in [0, 0.1) is 0 Å². The normalized spacial score (nSPS) is 14.4. The molecule has 0 amide bonds. The molecule has 0 aromatic carbocycles. The van der Waals surface area contributed by atoms with E-state index in [1.54, 1.807) is 13.1 Å². The number of pyridine rings is 1. The van der Waals surface area contributed by atoms with Crippen molar-refractivity contribution in [1.82, 2.24) is 10.3 Å². The van der Waals surface area contributed by atoms with Crippen LogP contribution in [0.1, 0.15) is 26.0 Å². The first-order valence-corrected chi connectivity index (χ1v) is 5.86. The SMILES string of the molecule is CCC(C)(NCc1ccc(Br)cn1)C(=O)O. The maximum Gasteiger partial charge on any atom is 0.323 e. The van der Waals surface area contributed by atoms with Crippen LogP contribution in [0.15, 0.2) is 22.8 Å². The highest BCUT2D eigenvalue weighted by Gasteiger charge is 2.30. The number of carboxylic acid groups (broad SMARTS) is 1. The molecular formula is C11H15BrN2O2. The van der Waals surface area contributed by atoms with Crippen LogP contribution in [0.5, 0.6) is 0 Å². The second-order valence-electron chi connectivity index (χ2n) is 3.81. The molecule has 88 valence electrons. The third-order valence-corrected chi connectivity index (χ3v) is 3.10. The molecule has 0 aliphatic carbocycles. The zero-order chi connectivity index (χ0) is 12.2. The lowest BCUT2D eigenvalue weighted by molar-refractivity contribution is -0.144. The van der Waals surface area contributed by atoms with E-state index in [0.717, 1.165) is 10.2 Å². The van der Waals surface area contributed by atoms with Crippen LogP contribution in [0.3, 0.4) is 0 Å². The number of aromatic nitrogens is 1. The fourth-order valence-electron chi connectivity index (χ4n) is 1.15. The van der Waals surface area contributed by atoms with E-state index in [9.17, 15) is 4.79 Å². The zero-order valence-electron chi connectivity index (χ0n) is 9.33. The van der Waals surface area contributed by atoms with Crippen molar-refractivity contribution in [2.24, 2.45) is 0 Å². The molecule has 0 saturated carbocycles. The lowest BCUT2D eigenvalue weighted by Gasteiger charge is -2.24.